The number of ether oxygens (including phenoxy) is 1. The first-order valence-electron chi connectivity index (χ1n) is 6.41. The van der Waals surface area contributed by atoms with E-state index in [4.69, 9.17) is 16.3 Å². The van der Waals surface area contributed by atoms with Crippen LogP contribution in [0.1, 0.15) is 18.9 Å². The van der Waals surface area contributed by atoms with Gasteiger partial charge in [-0.25, -0.2) is 4.98 Å². The third-order valence-corrected chi connectivity index (χ3v) is 4.11. The van der Waals surface area contributed by atoms with Crippen molar-refractivity contribution in [3.63, 3.8) is 0 Å². The highest BCUT2D eigenvalue weighted by Gasteiger charge is 2.31. The van der Waals surface area contributed by atoms with Crippen LogP contribution in [0.2, 0.25) is 5.02 Å². The van der Waals surface area contributed by atoms with Crippen LogP contribution in [0.4, 0.5) is 13.2 Å². The highest BCUT2D eigenvalue weighted by Crippen LogP contribution is 2.33. The summed E-state index contributed by atoms with van der Waals surface area (Å²) in [7, 11) is 1.54. The molecule has 0 saturated heterocycles. The van der Waals surface area contributed by atoms with Crippen molar-refractivity contribution in [3.05, 3.63) is 22.8 Å². The average Bonchev–Trinajstić information content (AvgIpc) is 2.44. The highest BCUT2D eigenvalue weighted by molar-refractivity contribution is 8.00. The molecule has 1 amide bonds. The Labute approximate surface area is 135 Å². The topological polar surface area (TPSA) is 51.2 Å². The van der Waals surface area contributed by atoms with E-state index in [0.717, 1.165) is 17.8 Å². The summed E-state index contributed by atoms with van der Waals surface area (Å²) >= 11 is 6.75. The fourth-order valence-corrected chi connectivity index (χ4v) is 2.56. The van der Waals surface area contributed by atoms with E-state index < -0.39 is 11.7 Å². The van der Waals surface area contributed by atoms with Crippen LogP contribution in [0.3, 0.4) is 0 Å². The molecule has 0 bridgehead atoms. The minimum Gasteiger partial charge on any atom is -0.383 e. The minimum absolute atomic E-state index is 0.0122. The number of thioether (sulfide) groups is 1. The van der Waals surface area contributed by atoms with Crippen LogP contribution in [0.25, 0.3) is 0 Å². The summed E-state index contributed by atoms with van der Waals surface area (Å²) in [6, 6.07) is 0.698. The second kappa shape index (κ2) is 8.59. The van der Waals surface area contributed by atoms with Crippen LogP contribution in [0, 0.1) is 0 Å². The molecule has 0 aliphatic rings. The third-order valence-electron chi connectivity index (χ3n) is 2.70. The molecule has 1 heterocycles. The number of amides is 1. The van der Waals surface area contributed by atoms with Crippen molar-refractivity contribution < 1.29 is 22.7 Å². The highest BCUT2D eigenvalue weighted by atomic mass is 35.5. The molecule has 0 aromatic carbocycles. The normalized spacial score (nSPS) is 13.0. The quantitative estimate of drug-likeness (QED) is 0.761. The van der Waals surface area contributed by atoms with Crippen LogP contribution in [-0.2, 0) is 15.7 Å². The predicted octanol–water partition coefficient (Wildman–Crippen LogP) is 3.39. The minimum atomic E-state index is -4.49. The van der Waals surface area contributed by atoms with Gasteiger partial charge in [0.15, 0.2) is 0 Å². The van der Waals surface area contributed by atoms with Gasteiger partial charge in [0.25, 0.3) is 0 Å². The summed E-state index contributed by atoms with van der Waals surface area (Å²) < 4.78 is 42.4. The predicted molar refractivity (Wildman–Crippen MR) is 79.1 cm³/mol. The van der Waals surface area contributed by atoms with Gasteiger partial charge in [-0.2, -0.15) is 13.2 Å². The molecule has 22 heavy (non-hydrogen) atoms. The number of methoxy groups -OCH3 is 1. The summed E-state index contributed by atoms with van der Waals surface area (Å²) in [5.74, 6) is -0.246. The van der Waals surface area contributed by atoms with Gasteiger partial charge < -0.3 is 10.1 Å². The smallest absolute Gasteiger partial charge is 0.383 e. The number of pyridine rings is 1. The Morgan fingerprint density at radius 3 is 2.73 bits per heavy atom. The van der Waals surface area contributed by atoms with Crippen molar-refractivity contribution in [2.45, 2.75) is 30.6 Å². The van der Waals surface area contributed by atoms with Gasteiger partial charge in [-0.1, -0.05) is 30.3 Å². The number of alkyl halides is 3. The maximum atomic E-state index is 12.5. The summed E-state index contributed by atoms with van der Waals surface area (Å²) in [6.07, 6.45) is -3.08. The van der Waals surface area contributed by atoms with Crippen molar-refractivity contribution in [2.75, 3.05) is 19.5 Å². The number of halogens is 4. The molecule has 1 aromatic rings. The lowest BCUT2D eigenvalue weighted by Crippen LogP contribution is -2.38. The monoisotopic (exact) mass is 356 g/mol. The molecule has 124 valence electrons. The van der Waals surface area contributed by atoms with Gasteiger partial charge in [0, 0.05) is 13.3 Å². The second-order valence-electron chi connectivity index (χ2n) is 4.43. The van der Waals surface area contributed by atoms with E-state index in [1.165, 1.54) is 7.11 Å². The fraction of sp³-hybridized carbons (Fsp3) is 0.538. The molecule has 0 aliphatic carbocycles. The Balaban J connectivity index is 2.59. The van der Waals surface area contributed by atoms with E-state index in [-0.39, 0.29) is 27.8 Å². The van der Waals surface area contributed by atoms with E-state index >= 15 is 0 Å². The number of nitrogens with zero attached hydrogens (tertiary/aromatic N) is 1. The molecule has 1 aromatic heterocycles. The molecule has 1 atom stereocenters. The van der Waals surface area contributed by atoms with Gasteiger partial charge >= 0.3 is 6.18 Å². The standard InChI is InChI=1S/C13H16ClF3N2O2S/c1-3-9(6-21-2)19-11(20)7-22-12-10(14)4-8(5-18-12)13(15,16)17/h4-5,9H,3,6-7H2,1-2H3,(H,19,20). The first-order valence-corrected chi connectivity index (χ1v) is 7.78. The Kier molecular flexibility index (Phi) is 7.44. The molecule has 0 aliphatic heterocycles. The van der Waals surface area contributed by atoms with Gasteiger partial charge in [-0.15, -0.1) is 0 Å². The molecule has 0 saturated carbocycles. The van der Waals surface area contributed by atoms with Crippen LogP contribution >= 0.6 is 23.4 Å². The van der Waals surface area contributed by atoms with Gasteiger partial charge in [-0.05, 0) is 12.5 Å². The summed E-state index contributed by atoms with van der Waals surface area (Å²) in [5.41, 5.74) is -0.919. The number of carbonyl (C=O) groups is 1. The number of hydrogen-bond acceptors (Lipinski definition) is 4. The van der Waals surface area contributed by atoms with Crippen molar-refractivity contribution in [3.8, 4) is 0 Å². The van der Waals surface area contributed by atoms with Gasteiger partial charge in [0.2, 0.25) is 5.91 Å². The van der Waals surface area contributed by atoms with E-state index in [2.05, 4.69) is 10.3 Å². The maximum absolute atomic E-state index is 12.5. The first kappa shape index (κ1) is 19.1. The van der Waals surface area contributed by atoms with Crippen molar-refractivity contribution in [1.29, 1.82) is 0 Å². The largest absolute Gasteiger partial charge is 0.417 e. The Morgan fingerprint density at radius 1 is 1.55 bits per heavy atom. The van der Waals surface area contributed by atoms with Crippen LogP contribution in [-0.4, -0.2) is 36.4 Å². The number of carbonyl (C=O) groups excluding carboxylic acids is 1. The maximum Gasteiger partial charge on any atom is 0.417 e. The van der Waals surface area contributed by atoms with Crippen molar-refractivity contribution in [1.82, 2.24) is 10.3 Å². The zero-order valence-corrected chi connectivity index (χ0v) is 13.6. The number of rotatable bonds is 7. The molecule has 1 unspecified atom stereocenters. The fourth-order valence-electron chi connectivity index (χ4n) is 1.55. The zero-order chi connectivity index (χ0) is 16.8. The second-order valence-corrected chi connectivity index (χ2v) is 5.80. The summed E-state index contributed by atoms with van der Waals surface area (Å²) in [6.45, 7) is 2.30. The molecular weight excluding hydrogens is 341 g/mol. The third kappa shape index (κ3) is 6.02. The molecule has 0 spiro atoms. The Hall–Kier alpha value is -0.990. The van der Waals surface area contributed by atoms with Crippen molar-refractivity contribution >= 4 is 29.3 Å². The molecule has 1 rings (SSSR count). The lowest BCUT2D eigenvalue weighted by Gasteiger charge is -2.15. The van der Waals surface area contributed by atoms with E-state index in [9.17, 15) is 18.0 Å². The Bertz CT molecular complexity index is 515. The molecule has 9 heteroatoms. The zero-order valence-electron chi connectivity index (χ0n) is 12.0. The van der Waals surface area contributed by atoms with Gasteiger partial charge in [0.1, 0.15) is 5.03 Å². The van der Waals surface area contributed by atoms with Gasteiger partial charge in [0.05, 0.1) is 29.0 Å². The van der Waals surface area contributed by atoms with Crippen molar-refractivity contribution in [2.24, 2.45) is 0 Å². The van der Waals surface area contributed by atoms with Gasteiger partial charge in [-0.3, -0.25) is 4.79 Å². The molecule has 0 fully saturated rings. The average molecular weight is 357 g/mol. The summed E-state index contributed by atoms with van der Waals surface area (Å²) in [4.78, 5) is 15.4. The van der Waals surface area contributed by atoms with Crippen LogP contribution in [0.5, 0.6) is 0 Å². The SMILES string of the molecule is CCC(COC)NC(=O)CSc1ncc(C(F)(F)F)cc1Cl. The number of aromatic nitrogens is 1. The lowest BCUT2D eigenvalue weighted by molar-refractivity contribution is -0.137. The lowest BCUT2D eigenvalue weighted by atomic mass is 10.2. The first-order chi connectivity index (χ1) is 10.3. The number of nitrogens with one attached hydrogen (secondary N) is 1. The molecule has 1 N–H and O–H groups in total. The Morgan fingerprint density at radius 2 is 2.23 bits per heavy atom. The van der Waals surface area contributed by atoms with E-state index in [1.807, 2.05) is 6.92 Å². The van der Waals surface area contributed by atoms with Crippen LogP contribution in [0.15, 0.2) is 17.3 Å². The van der Waals surface area contributed by atoms with E-state index in [1.54, 1.807) is 0 Å². The van der Waals surface area contributed by atoms with Crippen LogP contribution < -0.4 is 5.32 Å². The molecule has 0 radical (unpaired) electrons. The number of hydrogen-bond donors (Lipinski definition) is 1. The summed E-state index contributed by atoms with van der Waals surface area (Å²) in [5, 5.41) is 2.81. The molecule has 4 nitrogen and oxygen atoms in total. The van der Waals surface area contributed by atoms with E-state index in [0.29, 0.717) is 19.2 Å². The molecular formula is C13H16ClF3N2O2S.